The van der Waals surface area contributed by atoms with Crippen molar-refractivity contribution in [2.24, 2.45) is 0 Å². The summed E-state index contributed by atoms with van der Waals surface area (Å²) >= 11 is 6.03. The summed E-state index contributed by atoms with van der Waals surface area (Å²) in [6, 6.07) is 13.5. The number of amides is 2. The van der Waals surface area contributed by atoms with Crippen LogP contribution in [0.15, 0.2) is 42.5 Å². The predicted octanol–water partition coefficient (Wildman–Crippen LogP) is 4.34. The molecule has 0 saturated heterocycles. The van der Waals surface area contributed by atoms with E-state index in [1.807, 2.05) is 42.5 Å². The van der Waals surface area contributed by atoms with E-state index in [9.17, 15) is 4.79 Å². The van der Waals surface area contributed by atoms with Gasteiger partial charge in [0.2, 0.25) is 0 Å². The highest BCUT2D eigenvalue weighted by atomic mass is 35.5. The summed E-state index contributed by atoms with van der Waals surface area (Å²) in [4.78, 5) is 12.4. The van der Waals surface area contributed by atoms with Crippen molar-refractivity contribution in [3.8, 4) is 0 Å². The minimum atomic E-state index is -0.187. The molecule has 2 N–H and O–H groups in total. The molecule has 5 heteroatoms. The number of carbonyl (C=O) groups is 1. The standard InChI is InChI=1S/C19H21ClN2O2/c1-24-11-10-13-4-2-3-5-17(13)21-19(23)22-18-9-6-14-12-15(20)7-8-16(14)18/h2-5,7-8,12,18H,6,9-11H2,1H3,(H2,21,22,23). The molecule has 0 spiro atoms. The lowest BCUT2D eigenvalue weighted by molar-refractivity contribution is 0.202. The highest BCUT2D eigenvalue weighted by Gasteiger charge is 2.24. The third kappa shape index (κ3) is 3.89. The van der Waals surface area contributed by atoms with Gasteiger partial charge in [0.25, 0.3) is 0 Å². The summed E-state index contributed by atoms with van der Waals surface area (Å²) in [7, 11) is 1.67. The topological polar surface area (TPSA) is 50.4 Å². The van der Waals surface area contributed by atoms with E-state index in [0.717, 1.165) is 41.1 Å². The van der Waals surface area contributed by atoms with Crippen molar-refractivity contribution in [3.05, 3.63) is 64.2 Å². The van der Waals surface area contributed by atoms with Gasteiger partial charge in [-0.25, -0.2) is 4.79 Å². The summed E-state index contributed by atoms with van der Waals surface area (Å²) in [6.07, 6.45) is 2.59. The molecule has 1 aliphatic carbocycles. The van der Waals surface area contributed by atoms with Crippen LogP contribution in [0.4, 0.5) is 10.5 Å². The Morgan fingerprint density at radius 3 is 2.96 bits per heavy atom. The molecule has 2 amide bonds. The largest absolute Gasteiger partial charge is 0.384 e. The van der Waals surface area contributed by atoms with Crippen LogP contribution >= 0.6 is 11.6 Å². The number of fused-ring (bicyclic) bond motifs is 1. The second-order valence-corrected chi connectivity index (χ2v) is 6.37. The first-order valence-corrected chi connectivity index (χ1v) is 8.48. The zero-order valence-electron chi connectivity index (χ0n) is 13.6. The molecule has 3 rings (SSSR count). The van der Waals surface area contributed by atoms with Gasteiger partial charge in [0.05, 0.1) is 12.6 Å². The van der Waals surface area contributed by atoms with Crippen LogP contribution in [0.3, 0.4) is 0 Å². The number of halogens is 1. The Bertz CT molecular complexity index is 733. The van der Waals surface area contributed by atoms with E-state index in [-0.39, 0.29) is 12.1 Å². The molecule has 126 valence electrons. The molecule has 0 aromatic heterocycles. The van der Waals surface area contributed by atoms with E-state index in [0.29, 0.717) is 6.61 Å². The highest BCUT2D eigenvalue weighted by molar-refractivity contribution is 6.30. The average Bonchev–Trinajstić information content (AvgIpc) is 2.96. The highest BCUT2D eigenvalue weighted by Crippen LogP contribution is 2.32. The van der Waals surface area contributed by atoms with Crippen LogP contribution in [0.2, 0.25) is 5.02 Å². The van der Waals surface area contributed by atoms with E-state index in [4.69, 9.17) is 16.3 Å². The van der Waals surface area contributed by atoms with Crippen LogP contribution in [-0.2, 0) is 17.6 Å². The fourth-order valence-electron chi connectivity index (χ4n) is 3.12. The Morgan fingerprint density at radius 1 is 1.29 bits per heavy atom. The van der Waals surface area contributed by atoms with Crippen LogP contribution in [0.25, 0.3) is 0 Å². The smallest absolute Gasteiger partial charge is 0.319 e. The molecule has 2 aromatic rings. The molecule has 1 atom stereocenters. The lowest BCUT2D eigenvalue weighted by Gasteiger charge is -2.16. The Balaban J connectivity index is 1.65. The molecule has 0 radical (unpaired) electrons. The van der Waals surface area contributed by atoms with Crippen molar-refractivity contribution in [2.45, 2.75) is 25.3 Å². The third-order valence-corrected chi connectivity index (χ3v) is 4.56. The van der Waals surface area contributed by atoms with E-state index in [2.05, 4.69) is 10.6 Å². The summed E-state index contributed by atoms with van der Waals surface area (Å²) in [5.41, 5.74) is 4.25. The first-order chi connectivity index (χ1) is 11.7. The van der Waals surface area contributed by atoms with Gasteiger partial charge in [-0.1, -0.05) is 35.9 Å². The lowest BCUT2D eigenvalue weighted by atomic mass is 10.1. The first-order valence-electron chi connectivity index (χ1n) is 8.10. The molecule has 0 saturated carbocycles. The Kier molecular flexibility index (Phi) is 5.38. The van der Waals surface area contributed by atoms with E-state index in [1.54, 1.807) is 7.11 Å². The molecular formula is C19H21ClN2O2. The second-order valence-electron chi connectivity index (χ2n) is 5.93. The van der Waals surface area contributed by atoms with Crippen molar-refractivity contribution in [3.63, 3.8) is 0 Å². The summed E-state index contributed by atoms with van der Waals surface area (Å²) in [5, 5.41) is 6.76. The van der Waals surface area contributed by atoms with E-state index < -0.39 is 0 Å². The minimum Gasteiger partial charge on any atom is -0.384 e. The van der Waals surface area contributed by atoms with Crippen LogP contribution in [-0.4, -0.2) is 19.7 Å². The second kappa shape index (κ2) is 7.69. The number of urea groups is 1. The number of anilines is 1. The maximum atomic E-state index is 12.4. The molecular weight excluding hydrogens is 324 g/mol. The summed E-state index contributed by atoms with van der Waals surface area (Å²) < 4.78 is 5.12. The van der Waals surface area contributed by atoms with Gasteiger partial charge in [-0.15, -0.1) is 0 Å². The summed E-state index contributed by atoms with van der Waals surface area (Å²) in [6.45, 7) is 0.622. The Labute approximate surface area is 147 Å². The van der Waals surface area contributed by atoms with Gasteiger partial charge in [-0.2, -0.15) is 0 Å². The zero-order chi connectivity index (χ0) is 16.9. The van der Waals surface area contributed by atoms with Crippen molar-refractivity contribution in [2.75, 3.05) is 19.0 Å². The Hall–Kier alpha value is -2.04. The first kappa shape index (κ1) is 16.8. The van der Waals surface area contributed by atoms with Gasteiger partial charge >= 0.3 is 6.03 Å². The van der Waals surface area contributed by atoms with Crippen molar-refractivity contribution < 1.29 is 9.53 Å². The molecule has 1 aliphatic rings. The van der Waals surface area contributed by atoms with E-state index >= 15 is 0 Å². The summed E-state index contributed by atoms with van der Waals surface area (Å²) in [5.74, 6) is 0. The van der Waals surface area contributed by atoms with Crippen LogP contribution in [0, 0.1) is 0 Å². The fourth-order valence-corrected chi connectivity index (χ4v) is 3.32. The molecule has 4 nitrogen and oxygen atoms in total. The molecule has 0 heterocycles. The number of benzene rings is 2. The quantitative estimate of drug-likeness (QED) is 0.847. The zero-order valence-corrected chi connectivity index (χ0v) is 14.4. The number of para-hydroxylation sites is 1. The van der Waals surface area contributed by atoms with Gasteiger partial charge in [0.1, 0.15) is 0 Å². The molecule has 24 heavy (non-hydrogen) atoms. The number of nitrogens with one attached hydrogen (secondary N) is 2. The SMILES string of the molecule is COCCc1ccccc1NC(=O)NC1CCc2cc(Cl)ccc21. The van der Waals surface area contributed by atoms with E-state index in [1.165, 1.54) is 5.56 Å². The number of methoxy groups -OCH3 is 1. The molecule has 0 aliphatic heterocycles. The monoisotopic (exact) mass is 344 g/mol. The third-order valence-electron chi connectivity index (χ3n) is 4.33. The van der Waals surface area contributed by atoms with Gasteiger partial charge in [0, 0.05) is 17.8 Å². The number of aryl methyl sites for hydroxylation is 1. The number of rotatable bonds is 5. The number of carbonyl (C=O) groups excluding carboxylic acids is 1. The Morgan fingerprint density at radius 2 is 2.12 bits per heavy atom. The molecule has 0 fully saturated rings. The predicted molar refractivity (Wildman–Crippen MR) is 96.7 cm³/mol. The van der Waals surface area contributed by atoms with Crippen LogP contribution < -0.4 is 10.6 Å². The molecule has 0 bridgehead atoms. The fraction of sp³-hybridized carbons (Fsp3) is 0.316. The maximum Gasteiger partial charge on any atom is 0.319 e. The van der Waals surface area contributed by atoms with Crippen LogP contribution in [0.5, 0.6) is 0 Å². The van der Waals surface area contributed by atoms with Gasteiger partial charge in [0.15, 0.2) is 0 Å². The maximum absolute atomic E-state index is 12.4. The average molecular weight is 345 g/mol. The van der Waals surface area contributed by atoms with Crippen LogP contribution in [0.1, 0.15) is 29.2 Å². The molecule has 1 unspecified atom stereocenters. The molecule has 2 aromatic carbocycles. The minimum absolute atomic E-state index is 0.0309. The van der Waals surface area contributed by atoms with Crippen molar-refractivity contribution >= 4 is 23.3 Å². The number of hydrogen-bond donors (Lipinski definition) is 2. The normalized spacial score (nSPS) is 15.8. The number of ether oxygens (including phenoxy) is 1. The number of hydrogen-bond acceptors (Lipinski definition) is 2. The lowest BCUT2D eigenvalue weighted by Crippen LogP contribution is -2.31. The van der Waals surface area contributed by atoms with Gasteiger partial charge < -0.3 is 15.4 Å². The van der Waals surface area contributed by atoms with Gasteiger partial charge in [-0.3, -0.25) is 0 Å². The van der Waals surface area contributed by atoms with Gasteiger partial charge in [-0.05, 0) is 54.2 Å². The van der Waals surface area contributed by atoms with Crippen molar-refractivity contribution in [1.29, 1.82) is 0 Å². The van der Waals surface area contributed by atoms with Crippen molar-refractivity contribution in [1.82, 2.24) is 5.32 Å².